The molecule has 12 atom stereocenters. The van der Waals surface area contributed by atoms with Crippen molar-refractivity contribution in [3.8, 4) is 0 Å². The molecule has 3 saturated heterocycles. The Bertz CT molecular complexity index is 3210. The standard InChI is InChI=1S/C35H34F2O5.C31H31F4NO7/c36-35(37)34-33(41-24-29-19-11-4-12-20-29)32(40-23-28-17-9-3-10-18-28)31(39-22-27-15-7-2-8-16-27)30(42-34)25-38-21-26-13-5-1-6-14-26;32-19-7-3-16(4-8-19)23(38)14-13-22-25(36(30(22)42)21-11-9-20(33)10-12-21)17-1-5-18(6-2-17)31(34,35)29-28(41)27(40)26(39)24(15-37)43-29/h1-20,30-33H,21-25H2;1-12,22-29,37-41H,13-15H2/t30-,31-,32+,33-;22-,23+,24-,25-,26-,27+,28-,29?/m11/s1. The molecule has 0 aliphatic carbocycles. The summed E-state index contributed by atoms with van der Waals surface area (Å²) >= 11 is 0. The van der Waals surface area contributed by atoms with Crippen LogP contribution < -0.4 is 4.90 Å². The first-order valence-corrected chi connectivity index (χ1v) is 27.7. The molecule has 448 valence electrons. The third kappa shape index (κ3) is 15.4. The lowest BCUT2D eigenvalue weighted by Crippen LogP contribution is -2.62. The van der Waals surface area contributed by atoms with Crippen molar-refractivity contribution in [2.75, 3.05) is 18.1 Å². The highest BCUT2D eigenvalue weighted by molar-refractivity contribution is 6.03. The van der Waals surface area contributed by atoms with Crippen LogP contribution in [-0.2, 0) is 65.6 Å². The summed E-state index contributed by atoms with van der Waals surface area (Å²) in [6.07, 6.45) is -16.0. The molecule has 19 heteroatoms. The number of carbonyl (C=O) groups is 1. The molecule has 85 heavy (non-hydrogen) atoms. The minimum Gasteiger partial charge on any atom is -0.481 e. The van der Waals surface area contributed by atoms with Crippen molar-refractivity contribution < 1.29 is 85.1 Å². The van der Waals surface area contributed by atoms with E-state index < -0.39 is 115 Å². The molecule has 3 fully saturated rings. The third-order valence-corrected chi connectivity index (χ3v) is 15.2. The van der Waals surface area contributed by atoms with Gasteiger partial charge >= 0.3 is 12.0 Å². The lowest BCUT2D eigenvalue weighted by atomic mass is 9.78. The van der Waals surface area contributed by atoms with Crippen molar-refractivity contribution in [2.45, 2.75) is 112 Å². The van der Waals surface area contributed by atoms with Gasteiger partial charge in [-0.2, -0.15) is 17.6 Å². The zero-order valence-corrected chi connectivity index (χ0v) is 45.9. The molecule has 3 aliphatic rings. The Morgan fingerprint density at radius 2 is 1.08 bits per heavy atom. The second-order valence-corrected chi connectivity index (χ2v) is 20.9. The fraction of sp³-hybridized carbons (Fsp3) is 0.318. The smallest absolute Gasteiger partial charge is 0.310 e. The summed E-state index contributed by atoms with van der Waals surface area (Å²) in [6.45, 7) is -0.0347. The van der Waals surface area contributed by atoms with Gasteiger partial charge in [-0.05, 0) is 82.6 Å². The Kier molecular flexibility index (Phi) is 21.4. The Labute approximate surface area is 487 Å². The van der Waals surface area contributed by atoms with E-state index in [1.54, 1.807) is 0 Å². The fourth-order valence-electron chi connectivity index (χ4n) is 10.6. The van der Waals surface area contributed by atoms with Gasteiger partial charge in [-0.15, -0.1) is 0 Å². The number of amides is 1. The van der Waals surface area contributed by atoms with Gasteiger partial charge in [-0.1, -0.05) is 158 Å². The number of nitrogens with zero attached hydrogens (tertiary/aromatic N) is 1. The van der Waals surface area contributed by atoms with Crippen LogP contribution in [0, 0.1) is 17.6 Å². The highest BCUT2D eigenvalue weighted by atomic mass is 19.3. The zero-order chi connectivity index (χ0) is 60.0. The van der Waals surface area contributed by atoms with E-state index in [9.17, 15) is 47.9 Å². The van der Waals surface area contributed by atoms with Gasteiger partial charge in [0.2, 0.25) is 5.91 Å². The van der Waals surface area contributed by atoms with Gasteiger partial charge < -0.3 is 58.9 Å². The molecule has 5 N–H and O–H groups in total. The van der Waals surface area contributed by atoms with E-state index in [0.29, 0.717) is 23.4 Å². The van der Waals surface area contributed by atoms with E-state index in [1.165, 1.54) is 65.6 Å². The number of alkyl halides is 2. The van der Waals surface area contributed by atoms with Crippen LogP contribution in [0.15, 0.2) is 206 Å². The Hall–Kier alpha value is -7.27. The maximum atomic E-state index is 15.5. The number of halogens is 6. The molecule has 10 rings (SSSR count). The predicted octanol–water partition coefficient (Wildman–Crippen LogP) is 10.6. The van der Waals surface area contributed by atoms with Crippen LogP contribution in [0.25, 0.3) is 0 Å². The number of carbonyl (C=O) groups excluding carboxylic acids is 1. The maximum absolute atomic E-state index is 15.5. The van der Waals surface area contributed by atoms with E-state index in [2.05, 4.69) is 0 Å². The second-order valence-electron chi connectivity index (χ2n) is 20.9. The van der Waals surface area contributed by atoms with Gasteiger partial charge in [0.05, 0.1) is 57.7 Å². The van der Waals surface area contributed by atoms with Gasteiger partial charge in [0.25, 0.3) is 0 Å². The molecule has 3 aliphatic heterocycles. The maximum Gasteiger partial charge on any atom is 0.310 e. The summed E-state index contributed by atoms with van der Waals surface area (Å²) in [5, 5.41) is 50.2. The van der Waals surface area contributed by atoms with E-state index in [0.717, 1.165) is 34.4 Å². The van der Waals surface area contributed by atoms with Crippen LogP contribution in [0.1, 0.15) is 63.9 Å². The van der Waals surface area contributed by atoms with Crippen molar-refractivity contribution in [1.82, 2.24) is 0 Å². The van der Waals surface area contributed by atoms with Crippen LogP contribution in [0.5, 0.6) is 0 Å². The first-order valence-electron chi connectivity index (χ1n) is 27.7. The van der Waals surface area contributed by atoms with Crippen molar-refractivity contribution in [2.24, 2.45) is 5.92 Å². The zero-order valence-electron chi connectivity index (χ0n) is 45.9. The average molecular weight is 1180 g/mol. The number of hydrogen-bond donors (Lipinski definition) is 5. The number of ether oxygens (including phenoxy) is 6. The van der Waals surface area contributed by atoms with Gasteiger partial charge in [0.1, 0.15) is 54.4 Å². The number of aliphatic hydroxyl groups excluding tert-OH is 5. The highest BCUT2D eigenvalue weighted by Crippen LogP contribution is 2.48. The molecular weight excluding hydrogens is 1110 g/mol. The fourth-order valence-corrected chi connectivity index (χ4v) is 10.6. The first-order chi connectivity index (χ1) is 41.1. The Morgan fingerprint density at radius 3 is 1.60 bits per heavy atom. The number of benzene rings is 7. The number of aliphatic hydroxyl groups is 5. The van der Waals surface area contributed by atoms with Gasteiger partial charge in [-0.3, -0.25) is 4.79 Å². The van der Waals surface area contributed by atoms with Crippen molar-refractivity contribution in [1.29, 1.82) is 0 Å². The van der Waals surface area contributed by atoms with E-state index in [-0.39, 0.29) is 45.2 Å². The lowest BCUT2D eigenvalue weighted by molar-refractivity contribution is -0.284. The summed E-state index contributed by atoms with van der Waals surface area (Å²) < 4.78 is 123. The third-order valence-electron chi connectivity index (χ3n) is 15.2. The second kappa shape index (κ2) is 29.2. The largest absolute Gasteiger partial charge is 0.481 e. The molecule has 0 bridgehead atoms. The highest BCUT2D eigenvalue weighted by Gasteiger charge is 2.56. The van der Waals surface area contributed by atoms with Gasteiger partial charge in [0.15, 0.2) is 18.0 Å². The Morgan fingerprint density at radius 1 is 0.588 bits per heavy atom. The molecule has 1 unspecified atom stereocenters. The number of anilines is 1. The van der Waals surface area contributed by atoms with Gasteiger partial charge in [0, 0.05) is 11.3 Å². The van der Waals surface area contributed by atoms with Crippen molar-refractivity contribution in [3.05, 3.63) is 257 Å². The molecule has 13 nitrogen and oxygen atoms in total. The first kappa shape index (κ1) is 62.3. The summed E-state index contributed by atoms with van der Waals surface area (Å²) in [5.74, 6) is -6.34. The number of β-lactam (4-membered cyclic amide) rings is 1. The quantitative estimate of drug-likeness (QED) is 0.0321. The average Bonchev–Trinajstić information content (AvgIpc) is 1.92. The van der Waals surface area contributed by atoms with Crippen molar-refractivity contribution in [3.63, 3.8) is 0 Å². The summed E-state index contributed by atoms with van der Waals surface area (Å²) in [5.41, 5.74) is 4.39. The molecular formula is C66H65F6NO12. The van der Waals surface area contributed by atoms with E-state index >= 15 is 8.78 Å². The Balaban J connectivity index is 0.000000204. The molecule has 3 heterocycles. The van der Waals surface area contributed by atoms with E-state index in [1.807, 2.05) is 121 Å². The molecule has 1 amide bonds. The van der Waals surface area contributed by atoms with Crippen LogP contribution in [0.2, 0.25) is 0 Å². The van der Waals surface area contributed by atoms with Crippen LogP contribution in [0.3, 0.4) is 0 Å². The lowest BCUT2D eigenvalue weighted by Gasteiger charge is -2.48. The minimum absolute atomic E-state index is 0.0156. The summed E-state index contributed by atoms with van der Waals surface area (Å²) in [6, 6.07) is 53.1. The number of hydrogen-bond acceptors (Lipinski definition) is 12. The molecule has 0 radical (unpaired) electrons. The normalized spacial score (nSPS) is 24.4. The summed E-state index contributed by atoms with van der Waals surface area (Å²) in [7, 11) is 0. The predicted molar refractivity (Wildman–Crippen MR) is 300 cm³/mol. The van der Waals surface area contributed by atoms with Crippen LogP contribution in [0.4, 0.5) is 32.0 Å². The molecule has 0 saturated carbocycles. The summed E-state index contributed by atoms with van der Waals surface area (Å²) in [4.78, 5) is 14.7. The van der Waals surface area contributed by atoms with E-state index in [4.69, 9.17) is 28.4 Å². The van der Waals surface area contributed by atoms with Crippen LogP contribution in [-0.4, -0.2) is 99.6 Å². The SMILES string of the molecule is FC(F)=C1O[C@H](COCc2ccccc2)[C@@H](OCc2ccccc2)[C@H](OCc2ccccc2)[C@H]1OCc1ccccc1.O=C1[C@H](CC[C@H](O)c2ccc(F)cc2)[C@@H](c2ccc(C(F)(F)C3O[C@H](CO)[C@@H](O)[C@H](O)[C@H]3O)cc2)N1c1ccc(F)cc1. The minimum atomic E-state index is -3.85. The molecule has 0 aromatic heterocycles. The number of rotatable bonds is 22. The topological polar surface area (TPSA) is 177 Å². The van der Waals surface area contributed by atoms with Crippen molar-refractivity contribution >= 4 is 11.6 Å². The monoisotopic (exact) mass is 1180 g/mol. The molecule has 7 aromatic carbocycles. The van der Waals surface area contributed by atoms with Gasteiger partial charge in [-0.25, -0.2) is 8.78 Å². The molecule has 7 aromatic rings. The van der Waals surface area contributed by atoms with Crippen LogP contribution >= 0.6 is 0 Å². The molecule has 0 spiro atoms.